The molecule has 3 heterocycles. The third kappa shape index (κ3) is 4.50. The zero-order valence-corrected chi connectivity index (χ0v) is 15.5. The van der Waals surface area contributed by atoms with Crippen LogP contribution in [0.5, 0.6) is 0 Å². The Hall–Kier alpha value is -1.66. The molecular weight excluding hydrogens is 316 g/mol. The number of pyridine rings is 1. The number of hydrogen-bond donors (Lipinski definition) is 1. The van der Waals surface area contributed by atoms with Crippen molar-refractivity contribution in [1.29, 1.82) is 0 Å². The summed E-state index contributed by atoms with van der Waals surface area (Å²) in [7, 11) is 0. The fourth-order valence-corrected chi connectivity index (χ4v) is 3.53. The van der Waals surface area contributed by atoms with E-state index in [0.29, 0.717) is 11.0 Å². The van der Waals surface area contributed by atoms with Gasteiger partial charge in [0.1, 0.15) is 5.82 Å². The van der Waals surface area contributed by atoms with Crippen molar-refractivity contribution < 1.29 is 9.53 Å². The highest BCUT2D eigenvalue weighted by molar-refractivity contribution is 5.94. The Morgan fingerprint density at radius 3 is 2.56 bits per heavy atom. The molecule has 0 radical (unpaired) electrons. The third-order valence-corrected chi connectivity index (χ3v) is 5.39. The van der Waals surface area contributed by atoms with Crippen LogP contribution in [0.2, 0.25) is 0 Å². The predicted molar refractivity (Wildman–Crippen MR) is 99.1 cm³/mol. The zero-order chi connectivity index (χ0) is 17.7. The van der Waals surface area contributed by atoms with Gasteiger partial charge in [-0.1, -0.05) is 13.8 Å². The highest BCUT2D eigenvalue weighted by Gasteiger charge is 2.31. The van der Waals surface area contributed by atoms with Gasteiger partial charge in [0, 0.05) is 38.9 Å². The van der Waals surface area contributed by atoms with Gasteiger partial charge in [-0.3, -0.25) is 4.79 Å². The molecule has 0 spiro atoms. The van der Waals surface area contributed by atoms with Crippen molar-refractivity contribution >= 4 is 11.7 Å². The summed E-state index contributed by atoms with van der Waals surface area (Å²) in [4.78, 5) is 21.4. The molecule has 1 amide bonds. The van der Waals surface area contributed by atoms with Gasteiger partial charge in [-0.15, -0.1) is 0 Å². The second kappa shape index (κ2) is 8.15. The number of ether oxygens (including phenoxy) is 1. The maximum absolute atomic E-state index is 12.7. The fraction of sp³-hybridized carbons (Fsp3) is 0.684. The van der Waals surface area contributed by atoms with Gasteiger partial charge in [0.2, 0.25) is 0 Å². The molecule has 0 unspecified atom stereocenters. The summed E-state index contributed by atoms with van der Waals surface area (Å²) in [5.41, 5.74) is 0.984. The van der Waals surface area contributed by atoms with Gasteiger partial charge in [-0.25, -0.2) is 4.98 Å². The van der Waals surface area contributed by atoms with E-state index in [1.807, 2.05) is 17.0 Å². The van der Waals surface area contributed by atoms with Crippen LogP contribution in [-0.4, -0.2) is 68.3 Å². The molecule has 138 valence electrons. The minimum atomic E-state index is 0.103. The van der Waals surface area contributed by atoms with Crippen molar-refractivity contribution in [2.24, 2.45) is 5.41 Å². The molecule has 0 saturated carbocycles. The molecule has 25 heavy (non-hydrogen) atoms. The van der Waals surface area contributed by atoms with Gasteiger partial charge in [0.15, 0.2) is 0 Å². The maximum atomic E-state index is 12.7. The Morgan fingerprint density at radius 2 is 1.96 bits per heavy atom. The number of nitrogens with zero attached hydrogens (tertiary/aromatic N) is 3. The van der Waals surface area contributed by atoms with E-state index in [4.69, 9.17) is 4.74 Å². The lowest BCUT2D eigenvalue weighted by atomic mass is 9.80. The molecule has 0 atom stereocenters. The van der Waals surface area contributed by atoms with Crippen molar-refractivity contribution in [1.82, 2.24) is 15.2 Å². The number of carbonyl (C=O) groups excluding carboxylic acids is 1. The number of anilines is 1. The first-order chi connectivity index (χ1) is 12.1. The largest absolute Gasteiger partial charge is 0.378 e. The molecule has 0 bridgehead atoms. The molecule has 0 aromatic carbocycles. The van der Waals surface area contributed by atoms with Gasteiger partial charge in [0.05, 0.1) is 18.8 Å². The summed E-state index contributed by atoms with van der Waals surface area (Å²) in [6, 6.07) is 3.87. The molecule has 1 aromatic heterocycles. The third-order valence-electron chi connectivity index (χ3n) is 5.39. The van der Waals surface area contributed by atoms with Crippen molar-refractivity contribution in [2.75, 3.05) is 57.4 Å². The first-order valence-electron chi connectivity index (χ1n) is 9.40. The van der Waals surface area contributed by atoms with Crippen LogP contribution in [0.25, 0.3) is 0 Å². The van der Waals surface area contributed by atoms with Crippen molar-refractivity contribution in [3.63, 3.8) is 0 Å². The first kappa shape index (κ1) is 18.1. The number of hydrogen-bond acceptors (Lipinski definition) is 5. The van der Waals surface area contributed by atoms with Gasteiger partial charge in [-0.05, 0) is 36.9 Å². The van der Waals surface area contributed by atoms with E-state index in [9.17, 15) is 4.79 Å². The number of rotatable bonds is 5. The minimum absolute atomic E-state index is 0.103. The Bertz CT molecular complexity index is 561. The molecule has 2 fully saturated rings. The molecule has 1 N–H and O–H groups in total. The van der Waals surface area contributed by atoms with Crippen LogP contribution in [-0.2, 0) is 4.74 Å². The fourth-order valence-electron chi connectivity index (χ4n) is 3.53. The lowest BCUT2D eigenvalue weighted by Gasteiger charge is -2.39. The van der Waals surface area contributed by atoms with Crippen LogP contribution >= 0.6 is 0 Å². The van der Waals surface area contributed by atoms with Crippen LogP contribution in [0.4, 0.5) is 5.82 Å². The Balaban J connectivity index is 1.56. The van der Waals surface area contributed by atoms with E-state index in [1.54, 1.807) is 6.20 Å². The van der Waals surface area contributed by atoms with Crippen molar-refractivity contribution in [3.05, 3.63) is 23.9 Å². The van der Waals surface area contributed by atoms with E-state index in [-0.39, 0.29) is 5.91 Å². The standard InChI is InChI=1S/C19H30N4O2/c1-3-20-15-19(2)6-8-23(9-7-19)18(24)16-4-5-17(21-14-16)22-10-12-25-13-11-22/h4-5,14,20H,3,6-13,15H2,1-2H3. The lowest BCUT2D eigenvalue weighted by molar-refractivity contribution is 0.0606. The molecule has 2 saturated heterocycles. The number of carbonyl (C=O) groups is 1. The van der Waals surface area contributed by atoms with Crippen LogP contribution in [0.3, 0.4) is 0 Å². The van der Waals surface area contributed by atoms with Crippen LogP contribution in [0.15, 0.2) is 18.3 Å². The molecule has 2 aliphatic rings. The Kier molecular flexibility index (Phi) is 5.91. The number of piperidine rings is 1. The second-order valence-electron chi connectivity index (χ2n) is 7.39. The van der Waals surface area contributed by atoms with E-state index in [2.05, 4.69) is 29.0 Å². The number of aromatic nitrogens is 1. The summed E-state index contributed by atoms with van der Waals surface area (Å²) in [6.07, 6.45) is 3.82. The summed E-state index contributed by atoms with van der Waals surface area (Å²) >= 11 is 0. The monoisotopic (exact) mass is 346 g/mol. The number of morpholine rings is 1. The first-order valence-corrected chi connectivity index (χ1v) is 9.40. The maximum Gasteiger partial charge on any atom is 0.255 e. The van der Waals surface area contributed by atoms with Crippen LogP contribution < -0.4 is 10.2 Å². The summed E-state index contributed by atoms with van der Waals surface area (Å²) in [5.74, 6) is 1.03. The molecule has 1 aromatic rings. The molecular formula is C19H30N4O2. The average Bonchev–Trinajstić information content (AvgIpc) is 2.67. The van der Waals surface area contributed by atoms with Crippen LogP contribution in [0.1, 0.15) is 37.0 Å². The smallest absolute Gasteiger partial charge is 0.255 e. The van der Waals surface area contributed by atoms with Gasteiger partial charge in [0.25, 0.3) is 5.91 Å². The molecule has 6 heteroatoms. The SMILES string of the molecule is CCNCC1(C)CCN(C(=O)c2ccc(N3CCOCC3)nc2)CC1. The summed E-state index contributed by atoms with van der Waals surface area (Å²) < 4.78 is 5.37. The van der Waals surface area contributed by atoms with Gasteiger partial charge in [-0.2, -0.15) is 0 Å². The average molecular weight is 346 g/mol. The van der Waals surface area contributed by atoms with E-state index >= 15 is 0 Å². The van der Waals surface area contributed by atoms with Gasteiger partial charge >= 0.3 is 0 Å². The highest BCUT2D eigenvalue weighted by atomic mass is 16.5. The van der Waals surface area contributed by atoms with Crippen molar-refractivity contribution in [3.8, 4) is 0 Å². The van der Waals surface area contributed by atoms with Crippen LogP contribution in [0, 0.1) is 5.41 Å². The second-order valence-corrected chi connectivity index (χ2v) is 7.39. The zero-order valence-electron chi connectivity index (χ0n) is 15.5. The topological polar surface area (TPSA) is 57.7 Å². The lowest BCUT2D eigenvalue weighted by Crippen LogP contribution is -2.45. The minimum Gasteiger partial charge on any atom is -0.378 e. The van der Waals surface area contributed by atoms with E-state index < -0.39 is 0 Å². The number of nitrogens with one attached hydrogen (secondary N) is 1. The van der Waals surface area contributed by atoms with E-state index in [1.165, 1.54) is 0 Å². The Morgan fingerprint density at radius 1 is 1.24 bits per heavy atom. The number of amides is 1. The van der Waals surface area contributed by atoms with Crippen molar-refractivity contribution in [2.45, 2.75) is 26.7 Å². The summed E-state index contributed by atoms with van der Waals surface area (Å²) in [6.45, 7) is 11.3. The molecule has 2 aliphatic heterocycles. The molecule has 6 nitrogen and oxygen atoms in total. The highest BCUT2D eigenvalue weighted by Crippen LogP contribution is 2.30. The summed E-state index contributed by atoms with van der Waals surface area (Å²) in [5, 5.41) is 3.44. The van der Waals surface area contributed by atoms with Gasteiger partial charge < -0.3 is 19.9 Å². The molecule has 3 rings (SSSR count). The quantitative estimate of drug-likeness (QED) is 0.881. The Labute approximate surface area is 150 Å². The van der Waals surface area contributed by atoms with E-state index in [0.717, 1.165) is 71.1 Å². The number of likely N-dealkylation sites (tertiary alicyclic amines) is 1. The predicted octanol–water partition coefficient (Wildman–Crippen LogP) is 1.77. The normalized spacial score (nSPS) is 20.6. The molecule has 0 aliphatic carbocycles.